The number of nitrogens with two attached hydrogens (primary N) is 1. The molecule has 1 fully saturated rings. The van der Waals surface area contributed by atoms with E-state index in [9.17, 15) is 0 Å². The van der Waals surface area contributed by atoms with Crippen LogP contribution in [0, 0.1) is 5.92 Å². The molecule has 0 aliphatic heterocycles. The summed E-state index contributed by atoms with van der Waals surface area (Å²) in [6.07, 6.45) is 4.52. The quantitative estimate of drug-likeness (QED) is 0.867. The number of pyridine rings is 1. The Morgan fingerprint density at radius 1 is 1.33 bits per heavy atom. The summed E-state index contributed by atoms with van der Waals surface area (Å²) in [7, 11) is 0. The normalized spacial score (nSPS) is 14.7. The number of hydrogen-bond donors (Lipinski definition) is 2. The number of nitrogens with zero attached hydrogens (tertiary/aromatic N) is 2. The van der Waals surface area contributed by atoms with Crippen molar-refractivity contribution in [1.82, 2.24) is 9.97 Å². The molecule has 0 amide bonds. The average molecular weight is 260 g/mol. The number of nitrogens with one attached hydrogen (secondary N) is 1. The van der Waals surface area contributed by atoms with Crippen molar-refractivity contribution in [2.24, 2.45) is 11.7 Å². The Balaban J connectivity index is 1.70. The summed E-state index contributed by atoms with van der Waals surface area (Å²) in [6.45, 7) is 1.57. The van der Waals surface area contributed by atoms with Crippen molar-refractivity contribution in [2.45, 2.75) is 19.4 Å². The van der Waals surface area contributed by atoms with Crippen molar-refractivity contribution in [3.63, 3.8) is 0 Å². The minimum absolute atomic E-state index is 0.526. The fraction of sp³-hybridized carbons (Fsp3) is 0.385. The van der Waals surface area contributed by atoms with Gasteiger partial charge in [0.2, 0.25) is 0 Å². The molecule has 0 bridgehead atoms. The third-order valence-electron chi connectivity index (χ3n) is 3.07. The van der Waals surface area contributed by atoms with Gasteiger partial charge in [0, 0.05) is 24.7 Å². The van der Waals surface area contributed by atoms with E-state index in [1.165, 1.54) is 12.8 Å². The molecule has 0 unspecified atom stereocenters. The number of hydrogen-bond acceptors (Lipinski definition) is 5. The minimum atomic E-state index is 0.526. The molecule has 2 aromatic rings. The highest BCUT2D eigenvalue weighted by molar-refractivity contribution is 7.14. The Morgan fingerprint density at radius 2 is 2.22 bits per heavy atom. The second-order valence-electron chi connectivity index (χ2n) is 4.62. The topological polar surface area (TPSA) is 63.8 Å². The molecule has 0 spiro atoms. The van der Waals surface area contributed by atoms with Gasteiger partial charge in [0.1, 0.15) is 5.69 Å². The van der Waals surface area contributed by atoms with Crippen LogP contribution in [0.4, 0.5) is 5.13 Å². The Kier molecular flexibility index (Phi) is 3.25. The van der Waals surface area contributed by atoms with E-state index in [1.54, 1.807) is 11.3 Å². The molecule has 1 aliphatic rings. The van der Waals surface area contributed by atoms with Gasteiger partial charge in [-0.1, -0.05) is 6.07 Å². The number of aromatic nitrogens is 2. The standard InChI is InChI=1S/C13H16N4S/c14-5-10-3-4-11(15-7-10)12-8-18-13(17-12)16-6-9-1-2-9/h3-4,7-9H,1-2,5-6,14H2,(H,16,17). The SMILES string of the molecule is NCc1ccc(-c2csc(NCC3CC3)n2)nc1. The van der Waals surface area contributed by atoms with Gasteiger partial charge < -0.3 is 11.1 Å². The number of thiazole rings is 1. The molecule has 3 N–H and O–H groups in total. The van der Waals surface area contributed by atoms with Crippen LogP contribution in [0.25, 0.3) is 11.4 Å². The Hall–Kier alpha value is -1.46. The molecule has 1 saturated carbocycles. The molecule has 0 atom stereocenters. The number of rotatable bonds is 5. The van der Waals surface area contributed by atoms with Crippen LogP contribution in [-0.4, -0.2) is 16.5 Å². The van der Waals surface area contributed by atoms with Gasteiger partial charge in [-0.25, -0.2) is 4.98 Å². The smallest absolute Gasteiger partial charge is 0.183 e. The lowest BCUT2D eigenvalue weighted by atomic mass is 10.2. The summed E-state index contributed by atoms with van der Waals surface area (Å²) in [4.78, 5) is 8.93. The fourth-order valence-corrected chi connectivity index (χ4v) is 2.44. The molecule has 3 rings (SSSR count). The molecule has 2 aromatic heterocycles. The van der Waals surface area contributed by atoms with Crippen LogP contribution >= 0.6 is 11.3 Å². The highest BCUT2D eigenvalue weighted by atomic mass is 32.1. The third-order valence-corrected chi connectivity index (χ3v) is 3.87. The van der Waals surface area contributed by atoms with Crippen molar-refractivity contribution in [2.75, 3.05) is 11.9 Å². The third kappa shape index (κ3) is 2.68. The van der Waals surface area contributed by atoms with E-state index in [0.717, 1.165) is 34.5 Å². The zero-order chi connectivity index (χ0) is 12.4. The predicted molar refractivity (Wildman–Crippen MR) is 74.5 cm³/mol. The molecular formula is C13H16N4S. The minimum Gasteiger partial charge on any atom is -0.361 e. The van der Waals surface area contributed by atoms with E-state index >= 15 is 0 Å². The van der Waals surface area contributed by atoms with Gasteiger partial charge >= 0.3 is 0 Å². The lowest BCUT2D eigenvalue weighted by molar-refractivity contribution is 0.887. The average Bonchev–Trinajstić information content (AvgIpc) is 3.14. The summed E-state index contributed by atoms with van der Waals surface area (Å²) in [5.41, 5.74) is 8.43. The van der Waals surface area contributed by atoms with Crippen molar-refractivity contribution in [1.29, 1.82) is 0 Å². The van der Waals surface area contributed by atoms with E-state index in [2.05, 4.69) is 15.3 Å². The Labute approximate surface area is 110 Å². The molecule has 0 aromatic carbocycles. The van der Waals surface area contributed by atoms with Crippen LogP contribution in [0.1, 0.15) is 18.4 Å². The second kappa shape index (κ2) is 5.04. The van der Waals surface area contributed by atoms with Gasteiger partial charge in [0.25, 0.3) is 0 Å². The number of anilines is 1. The molecule has 1 aliphatic carbocycles. The summed E-state index contributed by atoms with van der Waals surface area (Å²) in [6, 6.07) is 3.97. The summed E-state index contributed by atoms with van der Waals surface area (Å²) in [5, 5.41) is 6.41. The molecule has 18 heavy (non-hydrogen) atoms. The predicted octanol–water partition coefficient (Wildman–Crippen LogP) is 2.49. The van der Waals surface area contributed by atoms with Crippen LogP contribution < -0.4 is 11.1 Å². The molecule has 94 valence electrons. The van der Waals surface area contributed by atoms with Crippen LogP contribution in [0.15, 0.2) is 23.7 Å². The summed E-state index contributed by atoms with van der Waals surface area (Å²) >= 11 is 1.64. The van der Waals surface area contributed by atoms with Gasteiger partial charge in [0.15, 0.2) is 5.13 Å². The van der Waals surface area contributed by atoms with Crippen LogP contribution in [0.2, 0.25) is 0 Å². The maximum Gasteiger partial charge on any atom is 0.183 e. The molecular weight excluding hydrogens is 244 g/mol. The highest BCUT2D eigenvalue weighted by Gasteiger charge is 2.21. The maximum atomic E-state index is 5.55. The van der Waals surface area contributed by atoms with E-state index in [4.69, 9.17) is 5.73 Å². The Bertz CT molecular complexity index is 516. The zero-order valence-electron chi connectivity index (χ0n) is 10.1. The molecule has 5 heteroatoms. The van der Waals surface area contributed by atoms with Crippen molar-refractivity contribution < 1.29 is 0 Å². The van der Waals surface area contributed by atoms with Crippen molar-refractivity contribution >= 4 is 16.5 Å². The van der Waals surface area contributed by atoms with E-state index in [-0.39, 0.29) is 0 Å². The van der Waals surface area contributed by atoms with Crippen molar-refractivity contribution in [3.8, 4) is 11.4 Å². The van der Waals surface area contributed by atoms with E-state index in [1.807, 2.05) is 23.7 Å². The Morgan fingerprint density at radius 3 is 2.89 bits per heavy atom. The van der Waals surface area contributed by atoms with Gasteiger partial charge in [-0.05, 0) is 30.4 Å². The van der Waals surface area contributed by atoms with Gasteiger partial charge in [0.05, 0.1) is 5.69 Å². The van der Waals surface area contributed by atoms with Gasteiger partial charge in [-0.15, -0.1) is 11.3 Å². The maximum absolute atomic E-state index is 5.55. The largest absolute Gasteiger partial charge is 0.361 e. The van der Waals surface area contributed by atoms with Crippen LogP contribution in [-0.2, 0) is 6.54 Å². The first-order valence-electron chi connectivity index (χ1n) is 6.20. The first-order chi connectivity index (χ1) is 8.85. The van der Waals surface area contributed by atoms with E-state index < -0.39 is 0 Å². The molecule has 2 heterocycles. The zero-order valence-corrected chi connectivity index (χ0v) is 10.9. The first kappa shape index (κ1) is 11.6. The lowest BCUT2D eigenvalue weighted by Gasteiger charge is -2.00. The molecule has 0 saturated heterocycles. The fourth-order valence-electron chi connectivity index (χ4n) is 1.72. The first-order valence-corrected chi connectivity index (χ1v) is 7.08. The highest BCUT2D eigenvalue weighted by Crippen LogP contribution is 2.30. The molecule has 4 nitrogen and oxygen atoms in total. The summed E-state index contributed by atoms with van der Waals surface area (Å²) < 4.78 is 0. The van der Waals surface area contributed by atoms with Gasteiger partial charge in [-0.3, -0.25) is 4.98 Å². The van der Waals surface area contributed by atoms with Crippen molar-refractivity contribution in [3.05, 3.63) is 29.3 Å². The second-order valence-corrected chi connectivity index (χ2v) is 5.48. The van der Waals surface area contributed by atoms with Crippen LogP contribution in [0.3, 0.4) is 0 Å². The van der Waals surface area contributed by atoms with Crippen LogP contribution in [0.5, 0.6) is 0 Å². The van der Waals surface area contributed by atoms with Gasteiger partial charge in [-0.2, -0.15) is 0 Å². The lowest BCUT2D eigenvalue weighted by Crippen LogP contribution is -2.02. The summed E-state index contributed by atoms with van der Waals surface area (Å²) in [5.74, 6) is 0.860. The molecule has 0 radical (unpaired) electrons. The van der Waals surface area contributed by atoms with E-state index in [0.29, 0.717) is 6.54 Å². The monoisotopic (exact) mass is 260 g/mol.